The molecule has 0 saturated heterocycles. The van der Waals surface area contributed by atoms with Gasteiger partial charge in [0.1, 0.15) is 0 Å². The smallest absolute Gasteiger partial charge is 0.206 e. The van der Waals surface area contributed by atoms with E-state index < -0.39 is 12.3 Å². The van der Waals surface area contributed by atoms with E-state index in [1.807, 2.05) is 5.92 Å². The molecule has 0 aromatic rings. The van der Waals surface area contributed by atoms with E-state index in [2.05, 4.69) is 6.42 Å². The lowest BCUT2D eigenvalue weighted by atomic mass is 10.2. The molecule has 0 aliphatic rings. The van der Waals surface area contributed by atoms with Crippen LogP contribution in [0.15, 0.2) is 0 Å². The second-order valence-electron chi connectivity index (χ2n) is 1.59. The van der Waals surface area contributed by atoms with Gasteiger partial charge in [-0.1, -0.05) is 6.92 Å². The first-order chi connectivity index (χ1) is 3.62. The second-order valence-corrected chi connectivity index (χ2v) is 1.59. The summed E-state index contributed by atoms with van der Waals surface area (Å²) in [7, 11) is 0. The molecule has 0 nitrogen and oxygen atoms in total. The zero-order valence-corrected chi connectivity index (χ0v) is 4.75. The average molecular weight is 118 g/mol. The van der Waals surface area contributed by atoms with Gasteiger partial charge in [-0.2, -0.15) is 0 Å². The second kappa shape index (κ2) is 2.66. The van der Waals surface area contributed by atoms with Gasteiger partial charge >= 0.3 is 0 Å². The van der Waals surface area contributed by atoms with Crippen molar-refractivity contribution in [2.45, 2.75) is 25.7 Å². The fourth-order valence-electron chi connectivity index (χ4n) is 0.274. The molecule has 0 N–H and O–H groups in total. The molecule has 0 atom stereocenters. The molecule has 0 spiro atoms. The maximum absolute atomic E-state index is 12.0. The summed E-state index contributed by atoms with van der Waals surface area (Å²) in [6, 6.07) is 0. The summed E-state index contributed by atoms with van der Waals surface area (Å²) in [5, 5.41) is 0. The van der Waals surface area contributed by atoms with Crippen molar-refractivity contribution >= 4 is 0 Å². The summed E-state index contributed by atoms with van der Waals surface area (Å²) in [6.07, 6.45) is 4.05. The van der Waals surface area contributed by atoms with Gasteiger partial charge in [-0.25, -0.2) is 8.78 Å². The third kappa shape index (κ3) is 2.57. The van der Waals surface area contributed by atoms with Crippen molar-refractivity contribution in [3.05, 3.63) is 0 Å². The van der Waals surface area contributed by atoms with E-state index in [9.17, 15) is 8.78 Å². The topological polar surface area (TPSA) is 0 Å². The predicted octanol–water partition coefficient (Wildman–Crippen LogP) is 2.06. The molecule has 46 valence electrons. The largest absolute Gasteiger partial charge is 0.258 e. The lowest BCUT2D eigenvalue weighted by Gasteiger charge is -2.07. The lowest BCUT2D eigenvalue weighted by molar-refractivity contribution is 0.00284. The van der Waals surface area contributed by atoms with Gasteiger partial charge in [-0.15, -0.1) is 12.3 Å². The number of hydrogen-bond donors (Lipinski definition) is 0. The van der Waals surface area contributed by atoms with Crippen LogP contribution in [-0.2, 0) is 0 Å². The van der Waals surface area contributed by atoms with Crippen LogP contribution in [0.5, 0.6) is 0 Å². The molecule has 0 aromatic heterocycles. The molecular formula is C6H8F2. The Labute approximate surface area is 47.9 Å². The first kappa shape index (κ1) is 7.42. The van der Waals surface area contributed by atoms with Crippen molar-refractivity contribution in [1.29, 1.82) is 0 Å². The summed E-state index contributed by atoms with van der Waals surface area (Å²) < 4.78 is 24.0. The van der Waals surface area contributed by atoms with Crippen molar-refractivity contribution < 1.29 is 8.78 Å². The van der Waals surface area contributed by atoms with Gasteiger partial charge < -0.3 is 0 Å². The molecule has 2 heteroatoms. The van der Waals surface area contributed by atoms with Gasteiger partial charge in [0.05, 0.1) is 6.42 Å². The predicted molar refractivity (Wildman–Crippen MR) is 28.7 cm³/mol. The first-order valence-electron chi connectivity index (χ1n) is 2.43. The van der Waals surface area contributed by atoms with E-state index in [1.54, 1.807) is 0 Å². The van der Waals surface area contributed by atoms with Crippen LogP contribution in [0.25, 0.3) is 0 Å². The van der Waals surface area contributed by atoms with Gasteiger partial charge in [-0.3, -0.25) is 0 Å². The number of halogens is 2. The number of hydrogen-bond acceptors (Lipinski definition) is 0. The Morgan fingerprint density at radius 3 is 2.25 bits per heavy atom. The monoisotopic (exact) mass is 118 g/mol. The van der Waals surface area contributed by atoms with Gasteiger partial charge in [0.15, 0.2) is 0 Å². The highest BCUT2D eigenvalue weighted by atomic mass is 19.3. The summed E-state index contributed by atoms with van der Waals surface area (Å²) in [5.41, 5.74) is 0. The lowest BCUT2D eigenvalue weighted by Crippen LogP contribution is -2.11. The molecule has 8 heavy (non-hydrogen) atoms. The van der Waals surface area contributed by atoms with E-state index in [0.29, 0.717) is 0 Å². The number of rotatable bonds is 2. The van der Waals surface area contributed by atoms with Crippen LogP contribution in [-0.4, -0.2) is 5.92 Å². The molecule has 0 aliphatic heterocycles. The number of terminal acetylenes is 1. The van der Waals surface area contributed by atoms with E-state index >= 15 is 0 Å². The maximum atomic E-state index is 12.0. The van der Waals surface area contributed by atoms with Crippen LogP contribution in [0.3, 0.4) is 0 Å². The fourth-order valence-corrected chi connectivity index (χ4v) is 0.274. The van der Waals surface area contributed by atoms with E-state index in [4.69, 9.17) is 0 Å². The molecule has 0 rings (SSSR count). The Morgan fingerprint density at radius 1 is 1.62 bits per heavy atom. The number of alkyl halides is 2. The molecular weight excluding hydrogens is 110 g/mol. The standard InChI is InChI=1S/C6H8F2/c1-3-5-6(7,8)4-2/h1H,4-5H2,2H3. The van der Waals surface area contributed by atoms with Crippen molar-refractivity contribution in [2.24, 2.45) is 0 Å². The molecule has 0 heterocycles. The first-order valence-corrected chi connectivity index (χ1v) is 2.43. The van der Waals surface area contributed by atoms with Crippen LogP contribution >= 0.6 is 0 Å². The average Bonchev–Trinajstić information content (AvgIpc) is 1.67. The maximum Gasteiger partial charge on any atom is 0.258 e. The van der Waals surface area contributed by atoms with Gasteiger partial charge in [0.25, 0.3) is 5.92 Å². The molecule has 0 radical (unpaired) electrons. The normalized spacial score (nSPS) is 10.8. The summed E-state index contributed by atoms with van der Waals surface area (Å²) in [6.45, 7) is 1.41. The van der Waals surface area contributed by atoms with Crippen LogP contribution < -0.4 is 0 Å². The Hall–Kier alpha value is -0.580. The molecule has 0 bridgehead atoms. The minimum absolute atomic E-state index is 0.169. The minimum Gasteiger partial charge on any atom is -0.206 e. The highest BCUT2D eigenvalue weighted by Gasteiger charge is 2.23. The summed E-state index contributed by atoms with van der Waals surface area (Å²) in [5.74, 6) is -0.735. The van der Waals surface area contributed by atoms with Gasteiger partial charge in [0, 0.05) is 6.42 Å². The third-order valence-corrected chi connectivity index (χ3v) is 0.878. The van der Waals surface area contributed by atoms with E-state index in [0.717, 1.165) is 0 Å². The van der Waals surface area contributed by atoms with Crippen molar-refractivity contribution in [3.8, 4) is 12.3 Å². The molecule has 0 aromatic carbocycles. The van der Waals surface area contributed by atoms with E-state index in [1.165, 1.54) is 6.92 Å². The van der Waals surface area contributed by atoms with Crippen LogP contribution in [0, 0.1) is 12.3 Å². The molecule has 0 unspecified atom stereocenters. The summed E-state index contributed by atoms with van der Waals surface area (Å²) >= 11 is 0. The Kier molecular flexibility index (Phi) is 2.47. The summed E-state index contributed by atoms with van der Waals surface area (Å²) in [4.78, 5) is 0. The molecule has 0 fully saturated rings. The highest BCUT2D eigenvalue weighted by Crippen LogP contribution is 2.20. The third-order valence-electron chi connectivity index (χ3n) is 0.878. The van der Waals surface area contributed by atoms with Crippen LogP contribution in [0.4, 0.5) is 8.78 Å². The van der Waals surface area contributed by atoms with E-state index in [-0.39, 0.29) is 6.42 Å². The zero-order chi connectivity index (χ0) is 6.62. The van der Waals surface area contributed by atoms with Gasteiger partial charge in [-0.05, 0) is 0 Å². The van der Waals surface area contributed by atoms with Crippen molar-refractivity contribution in [3.63, 3.8) is 0 Å². The van der Waals surface area contributed by atoms with Crippen molar-refractivity contribution in [1.82, 2.24) is 0 Å². The van der Waals surface area contributed by atoms with Crippen LogP contribution in [0.1, 0.15) is 19.8 Å². The highest BCUT2D eigenvalue weighted by molar-refractivity contribution is 4.89. The SMILES string of the molecule is C#CCC(F)(F)CC. The zero-order valence-electron chi connectivity index (χ0n) is 4.75. The van der Waals surface area contributed by atoms with Crippen LogP contribution in [0.2, 0.25) is 0 Å². The fraction of sp³-hybridized carbons (Fsp3) is 0.667. The molecule has 0 amide bonds. The van der Waals surface area contributed by atoms with Gasteiger partial charge in [0.2, 0.25) is 0 Å². The minimum atomic E-state index is -2.64. The van der Waals surface area contributed by atoms with Crippen molar-refractivity contribution in [2.75, 3.05) is 0 Å². The molecule has 0 saturated carbocycles. The quantitative estimate of drug-likeness (QED) is 0.487. The Bertz CT molecular complexity index is 99.6. The Balaban J connectivity index is 3.58. The Morgan fingerprint density at radius 2 is 2.12 bits per heavy atom. The molecule has 0 aliphatic carbocycles.